The van der Waals surface area contributed by atoms with Crippen molar-refractivity contribution in [3.8, 4) is 6.07 Å². The van der Waals surface area contributed by atoms with Crippen molar-refractivity contribution in [3.63, 3.8) is 0 Å². The molecule has 0 spiro atoms. The molecule has 0 aliphatic carbocycles. The maximum atomic E-state index is 13.0. The predicted octanol–water partition coefficient (Wildman–Crippen LogP) is 2.41. The van der Waals surface area contributed by atoms with Crippen LogP contribution >= 0.6 is 0 Å². The first-order chi connectivity index (χ1) is 7.01. The van der Waals surface area contributed by atoms with Crippen LogP contribution in [0.4, 0.5) is 8.78 Å². The van der Waals surface area contributed by atoms with Crippen LogP contribution in [-0.4, -0.2) is 11.0 Å². The van der Waals surface area contributed by atoms with Gasteiger partial charge in [0, 0.05) is 0 Å². The quantitative estimate of drug-likeness (QED) is 0.777. The molecule has 0 saturated heterocycles. The van der Waals surface area contributed by atoms with Crippen LogP contribution in [0.1, 0.15) is 17.2 Å². The zero-order chi connectivity index (χ0) is 11.5. The highest BCUT2D eigenvalue weighted by atomic mass is 19.3. The molecule has 4 heteroatoms. The average Bonchev–Trinajstić information content (AvgIpc) is 2.28. The average molecular weight is 209 g/mol. The third-order valence-corrected chi connectivity index (χ3v) is 1.99. The molecule has 0 aliphatic rings. The van der Waals surface area contributed by atoms with E-state index in [2.05, 4.69) is 6.58 Å². The van der Waals surface area contributed by atoms with Crippen molar-refractivity contribution in [2.45, 2.75) is 12.0 Å². The Balaban J connectivity index is 2.98. The summed E-state index contributed by atoms with van der Waals surface area (Å²) in [6, 6.07) is 7.19. The van der Waals surface area contributed by atoms with Gasteiger partial charge in [-0.1, -0.05) is 18.7 Å². The molecule has 78 valence electrons. The molecule has 0 bridgehead atoms. The predicted molar refractivity (Wildman–Crippen MR) is 51.3 cm³/mol. The van der Waals surface area contributed by atoms with Gasteiger partial charge in [0.1, 0.15) is 6.10 Å². The van der Waals surface area contributed by atoms with E-state index >= 15 is 0 Å². The number of hydrogen-bond donors (Lipinski definition) is 1. The van der Waals surface area contributed by atoms with Crippen molar-refractivity contribution in [2.24, 2.45) is 0 Å². The second kappa shape index (κ2) is 4.20. The lowest BCUT2D eigenvalue weighted by Gasteiger charge is -2.18. The van der Waals surface area contributed by atoms with Crippen molar-refractivity contribution in [3.05, 3.63) is 48.0 Å². The van der Waals surface area contributed by atoms with Crippen LogP contribution < -0.4 is 0 Å². The second-order valence-corrected chi connectivity index (χ2v) is 3.02. The van der Waals surface area contributed by atoms with Crippen LogP contribution in [0.25, 0.3) is 0 Å². The lowest BCUT2D eigenvalue weighted by atomic mass is 10.0. The summed E-state index contributed by atoms with van der Waals surface area (Å²) in [6.45, 7) is 2.95. The number of benzene rings is 1. The van der Waals surface area contributed by atoms with Crippen molar-refractivity contribution in [1.82, 2.24) is 0 Å². The van der Waals surface area contributed by atoms with E-state index in [1.807, 2.05) is 6.07 Å². The van der Waals surface area contributed by atoms with E-state index in [-0.39, 0.29) is 5.56 Å². The van der Waals surface area contributed by atoms with Crippen LogP contribution in [0.5, 0.6) is 0 Å². The molecule has 2 nitrogen and oxygen atoms in total. The summed E-state index contributed by atoms with van der Waals surface area (Å²) in [7, 11) is 0. The van der Waals surface area contributed by atoms with E-state index in [0.717, 1.165) is 0 Å². The highest BCUT2D eigenvalue weighted by molar-refractivity contribution is 5.33. The van der Waals surface area contributed by atoms with Crippen molar-refractivity contribution in [2.75, 3.05) is 0 Å². The van der Waals surface area contributed by atoms with Gasteiger partial charge in [-0.15, -0.1) is 0 Å². The number of aliphatic hydroxyl groups is 1. The first kappa shape index (κ1) is 11.3. The van der Waals surface area contributed by atoms with Crippen LogP contribution in [0.15, 0.2) is 36.9 Å². The molecule has 0 fully saturated rings. The monoisotopic (exact) mass is 209 g/mol. The van der Waals surface area contributed by atoms with Crippen LogP contribution in [0.2, 0.25) is 0 Å². The Labute approximate surface area is 86.1 Å². The molecule has 0 aliphatic heterocycles. The smallest absolute Gasteiger partial charge is 0.295 e. The van der Waals surface area contributed by atoms with Gasteiger partial charge in [-0.3, -0.25) is 0 Å². The normalized spacial score (nSPS) is 12.9. The van der Waals surface area contributed by atoms with Gasteiger partial charge >= 0.3 is 0 Å². The second-order valence-electron chi connectivity index (χ2n) is 3.02. The van der Waals surface area contributed by atoms with E-state index in [0.29, 0.717) is 11.6 Å². The Hall–Kier alpha value is -1.73. The van der Waals surface area contributed by atoms with Gasteiger partial charge < -0.3 is 5.11 Å². The lowest BCUT2D eigenvalue weighted by Crippen LogP contribution is -2.23. The van der Waals surface area contributed by atoms with Gasteiger partial charge in [0.25, 0.3) is 5.92 Å². The molecule has 0 heterocycles. The van der Waals surface area contributed by atoms with Crippen molar-refractivity contribution in [1.29, 1.82) is 5.26 Å². The summed E-state index contributed by atoms with van der Waals surface area (Å²) in [6.07, 6.45) is -1.53. The third kappa shape index (κ3) is 2.39. The Kier molecular flexibility index (Phi) is 3.17. The van der Waals surface area contributed by atoms with Gasteiger partial charge in [0.15, 0.2) is 0 Å². The van der Waals surface area contributed by atoms with Crippen LogP contribution in [-0.2, 0) is 0 Å². The Morgan fingerprint density at radius 1 is 1.40 bits per heavy atom. The third-order valence-electron chi connectivity index (χ3n) is 1.99. The number of halogens is 2. The largest absolute Gasteiger partial charge is 0.382 e. The lowest BCUT2D eigenvalue weighted by molar-refractivity contribution is -0.0712. The minimum Gasteiger partial charge on any atom is -0.382 e. The molecule has 1 aromatic carbocycles. The molecule has 0 amide bonds. The van der Waals surface area contributed by atoms with E-state index in [1.165, 1.54) is 24.3 Å². The molecule has 0 saturated carbocycles. The zero-order valence-corrected chi connectivity index (χ0v) is 7.82. The van der Waals surface area contributed by atoms with E-state index in [4.69, 9.17) is 5.26 Å². The van der Waals surface area contributed by atoms with Gasteiger partial charge in [-0.25, -0.2) is 0 Å². The summed E-state index contributed by atoms with van der Waals surface area (Å²) >= 11 is 0. The SMILES string of the molecule is C=CC(F)(F)C(O)c1ccc(C#N)cc1. The van der Waals surface area contributed by atoms with Crippen molar-refractivity contribution >= 4 is 0 Å². The molecule has 15 heavy (non-hydrogen) atoms. The topological polar surface area (TPSA) is 44.0 Å². The summed E-state index contributed by atoms with van der Waals surface area (Å²) in [5.74, 6) is -3.37. The highest BCUT2D eigenvalue weighted by Crippen LogP contribution is 2.31. The summed E-state index contributed by atoms with van der Waals surface area (Å²) in [5, 5.41) is 17.8. The number of alkyl halides is 2. The van der Waals surface area contributed by atoms with Gasteiger partial charge in [-0.2, -0.15) is 14.0 Å². The Bertz CT molecular complexity index is 392. The molecule has 0 aromatic heterocycles. The van der Waals surface area contributed by atoms with Gasteiger partial charge in [0.05, 0.1) is 11.6 Å². The first-order valence-electron chi connectivity index (χ1n) is 4.21. The van der Waals surface area contributed by atoms with E-state index < -0.39 is 12.0 Å². The maximum absolute atomic E-state index is 13.0. The summed E-state index contributed by atoms with van der Waals surface area (Å²) < 4.78 is 26.0. The number of nitrogens with zero attached hydrogens (tertiary/aromatic N) is 1. The zero-order valence-electron chi connectivity index (χ0n) is 7.82. The molecule has 1 N–H and O–H groups in total. The van der Waals surface area contributed by atoms with Gasteiger partial charge in [0.2, 0.25) is 0 Å². The Morgan fingerprint density at radius 3 is 2.33 bits per heavy atom. The van der Waals surface area contributed by atoms with Crippen LogP contribution in [0, 0.1) is 11.3 Å². The molecule has 1 unspecified atom stereocenters. The molecular weight excluding hydrogens is 200 g/mol. The molecule has 1 atom stereocenters. The molecule has 0 radical (unpaired) electrons. The van der Waals surface area contributed by atoms with Crippen molar-refractivity contribution < 1.29 is 13.9 Å². The molecule has 1 aromatic rings. The minimum absolute atomic E-state index is 0.0545. The fourth-order valence-electron chi connectivity index (χ4n) is 1.07. The minimum atomic E-state index is -3.37. The number of aliphatic hydroxyl groups excluding tert-OH is 1. The van der Waals surface area contributed by atoms with E-state index in [9.17, 15) is 13.9 Å². The summed E-state index contributed by atoms with van der Waals surface area (Å²) in [4.78, 5) is 0. The van der Waals surface area contributed by atoms with Crippen LogP contribution in [0.3, 0.4) is 0 Å². The standard InChI is InChI=1S/C11H9F2NO/c1-2-11(12,13)10(15)9-5-3-8(7-14)4-6-9/h2-6,10,15H,1H2. The Morgan fingerprint density at radius 2 is 1.93 bits per heavy atom. The number of hydrogen-bond acceptors (Lipinski definition) is 2. The number of rotatable bonds is 3. The molecular formula is C11H9F2NO. The van der Waals surface area contributed by atoms with E-state index in [1.54, 1.807) is 0 Å². The molecule has 1 rings (SSSR count). The summed E-state index contributed by atoms with van der Waals surface area (Å²) in [5.41, 5.74) is 0.409. The fourth-order valence-corrected chi connectivity index (χ4v) is 1.07. The number of nitriles is 1. The van der Waals surface area contributed by atoms with Gasteiger partial charge in [-0.05, 0) is 23.8 Å². The highest BCUT2D eigenvalue weighted by Gasteiger charge is 2.35. The first-order valence-corrected chi connectivity index (χ1v) is 4.21. The fraction of sp³-hybridized carbons (Fsp3) is 0.182. The maximum Gasteiger partial charge on any atom is 0.295 e.